The molecule has 1 aromatic carbocycles. The molecule has 0 aliphatic heterocycles. The average molecular weight is 467 g/mol. The zero-order valence-electron chi connectivity index (χ0n) is 16.8. The van der Waals surface area contributed by atoms with Crippen LogP contribution in [0.5, 0.6) is 11.5 Å². The highest BCUT2D eigenvalue weighted by atomic mass is 35.5. The summed E-state index contributed by atoms with van der Waals surface area (Å²) in [5.41, 5.74) is -0.114. The first-order chi connectivity index (χ1) is 14.7. The van der Waals surface area contributed by atoms with Gasteiger partial charge in [-0.2, -0.15) is 0 Å². The van der Waals surface area contributed by atoms with Crippen LogP contribution in [-0.2, 0) is 4.79 Å². The summed E-state index contributed by atoms with van der Waals surface area (Å²) in [4.78, 5) is 29.0. The van der Waals surface area contributed by atoms with E-state index in [-0.39, 0.29) is 40.7 Å². The Balaban J connectivity index is 1.24. The first-order valence-electron chi connectivity index (χ1n) is 9.87. The first-order valence-corrected chi connectivity index (χ1v) is 10.6. The van der Waals surface area contributed by atoms with Gasteiger partial charge in [-0.1, -0.05) is 23.2 Å². The molecule has 31 heavy (non-hydrogen) atoms. The number of rotatable bonds is 9. The molecule has 1 amide bonds. The number of hydrogen-bond acceptors (Lipinski definition) is 5. The zero-order chi connectivity index (χ0) is 22.2. The molecule has 1 heterocycles. The Morgan fingerprint density at radius 1 is 1.16 bits per heavy atom. The lowest BCUT2D eigenvalue weighted by molar-refractivity contribution is -0.164. The van der Waals surface area contributed by atoms with Crippen molar-refractivity contribution in [3.05, 3.63) is 52.3 Å². The molecule has 6 nitrogen and oxygen atoms in total. The number of halogens is 3. The maximum absolute atomic E-state index is 13.0. The van der Waals surface area contributed by atoms with Crippen molar-refractivity contribution >= 4 is 34.9 Å². The van der Waals surface area contributed by atoms with Crippen molar-refractivity contribution in [2.45, 2.75) is 44.5 Å². The van der Waals surface area contributed by atoms with Gasteiger partial charge >= 0.3 is 0 Å². The van der Waals surface area contributed by atoms with Crippen LogP contribution in [0.2, 0.25) is 10.0 Å². The Labute approximate surface area is 189 Å². The summed E-state index contributed by atoms with van der Waals surface area (Å²) < 4.78 is 23.5. The van der Waals surface area contributed by atoms with Gasteiger partial charge in [-0.05, 0) is 42.9 Å². The molecule has 0 saturated heterocycles. The standard InChI is InChI=1S/C22H21Cl2FN2O4/c1-13(25)31-15-4-5-26-18(7-15)19(28)8-21-10-22(11-21,12-21)27-20(29)9-30-14-2-3-16(23)17(24)6-14/h2-7,13H,8-12H2,1H3,(H,27,29). The molecule has 1 aromatic heterocycles. The van der Waals surface area contributed by atoms with Crippen LogP contribution in [0, 0.1) is 5.41 Å². The highest BCUT2D eigenvalue weighted by Gasteiger charge is 2.68. The number of ether oxygens (including phenoxy) is 2. The second kappa shape index (κ2) is 8.28. The number of carbonyl (C=O) groups is 2. The highest BCUT2D eigenvalue weighted by molar-refractivity contribution is 6.42. The summed E-state index contributed by atoms with van der Waals surface area (Å²) in [6.45, 7) is 1.14. The molecule has 164 valence electrons. The van der Waals surface area contributed by atoms with Crippen molar-refractivity contribution in [2.75, 3.05) is 6.61 Å². The number of Topliss-reactive ketones (excluding diaryl/α,β-unsaturated/α-hetero) is 1. The molecule has 2 aromatic rings. The second-order valence-corrected chi connectivity index (χ2v) is 9.18. The zero-order valence-corrected chi connectivity index (χ0v) is 18.3. The molecule has 1 N–H and O–H groups in total. The fourth-order valence-electron chi connectivity index (χ4n) is 4.62. The van der Waals surface area contributed by atoms with Crippen LogP contribution in [0.3, 0.4) is 0 Å². The molecular weight excluding hydrogens is 446 g/mol. The molecule has 0 radical (unpaired) electrons. The van der Waals surface area contributed by atoms with E-state index in [0.717, 1.165) is 19.3 Å². The van der Waals surface area contributed by atoms with Crippen LogP contribution in [0.1, 0.15) is 43.1 Å². The van der Waals surface area contributed by atoms with Crippen molar-refractivity contribution < 1.29 is 23.5 Å². The van der Waals surface area contributed by atoms with Gasteiger partial charge in [0.2, 0.25) is 6.36 Å². The van der Waals surface area contributed by atoms with Crippen molar-refractivity contribution in [3.8, 4) is 11.5 Å². The Morgan fingerprint density at radius 2 is 1.90 bits per heavy atom. The van der Waals surface area contributed by atoms with E-state index in [4.69, 9.17) is 32.7 Å². The van der Waals surface area contributed by atoms with Crippen LogP contribution in [0.25, 0.3) is 0 Å². The maximum atomic E-state index is 13.0. The number of nitrogens with zero attached hydrogens (tertiary/aromatic N) is 1. The Morgan fingerprint density at radius 3 is 2.58 bits per heavy atom. The molecule has 5 rings (SSSR count). The van der Waals surface area contributed by atoms with E-state index in [1.54, 1.807) is 18.2 Å². The van der Waals surface area contributed by atoms with Gasteiger partial charge in [0, 0.05) is 37.2 Å². The van der Waals surface area contributed by atoms with Crippen LogP contribution >= 0.6 is 23.2 Å². The quantitative estimate of drug-likeness (QED) is 0.538. The van der Waals surface area contributed by atoms with Gasteiger partial charge in [0.25, 0.3) is 5.91 Å². The van der Waals surface area contributed by atoms with Crippen LogP contribution < -0.4 is 14.8 Å². The van der Waals surface area contributed by atoms with Crippen molar-refractivity contribution in [1.29, 1.82) is 0 Å². The molecule has 0 spiro atoms. The minimum Gasteiger partial charge on any atom is -0.484 e. The van der Waals surface area contributed by atoms with E-state index >= 15 is 0 Å². The van der Waals surface area contributed by atoms with E-state index in [2.05, 4.69) is 10.3 Å². The molecule has 1 unspecified atom stereocenters. The Hall–Kier alpha value is -2.38. The predicted octanol–water partition coefficient (Wildman–Crippen LogP) is 4.77. The largest absolute Gasteiger partial charge is 0.484 e. The molecule has 3 fully saturated rings. The van der Waals surface area contributed by atoms with E-state index in [0.29, 0.717) is 22.2 Å². The molecule has 3 aliphatic rings. The first kappa shape index (κ1) is 21.8. The third-order valence-electron chi connectivity index (χ3n) is 5.66. The van der Waals surface area contributed by atoms with Gasteiger partial charge in [-0.25, -0.2) is 4.39 Å². The van der Waals surface area contributed by atoms with Crippen molar-refractivity contribution in [2.24, 2.45) is 5.41 Å². The maximum Gasteiger partial charge on any atom is 0.258 e. The normalized spacial score (nSPS) is 24.4. The van der Waals surface area contributed by atoms with E-state index < -0.39 is 6.36 Å². The fraction of sp³-hybridized carbons (Fsp3) is 0.409. The van der Waals surface area contributed by atoms with E-state index in [1.165, 1.54) is 25.3 Å². The minimum atomic E-state index is -1.47. The number of ketones is 1. The number of hydrogen-bond donors (Lipinski definition) is 1. The number of nitrogens with one attached hydrogen (secondary N) is 1. The summed E-state index contributed by atoms with van der Waals surface area (Å²) in [6, 6.07) is 7.78. The second-order valence-electron chi connectivity index (χ2n) is 8.36. The van der Waals surface area contributed by atoms with Gasteiger partial charge in [0.15, 0.2) is 12.4 Å². The van der Waals surface area contributed by atoms with Crippen molar-refractivity contribution in [1.82, 2.24) is 10.3 Å². The van der Waals surface area contributed by atoms with E-state index in [9.17, 15) is 14.0 Å². The highest BCUT2D eigenvalue weighted by Crippen LogP contribution is 2.69. The number of amides is 1. The van der Waals surface area contributed by atoms with Crippen LogP contribution in [-0.4, -0.2) is 35.2 Å². The van der Waals surface area contributed by atoms with Gasteiger partial charge in [0.1, 0.15) is 17.2 Å². The summed E-state index contributed by atoms with van der Waals surface area (Å²) in [6.07, 6.45) is 2.52. The summed E-state index contributed by atoms with van der Waals surface area (Å²) >= 11 is 11.8. The topological polar surface area (TPSA) is 77.5 Å². The molecule has 1 atom stereocenters. The summed E-state index contributed by atoms with van der Waals surface area (Å²) in [7, 11) is 0. The Kier molecular flexibility index (Phi) is 5.83. The van der Waals surface area contributed by atoms with E-state index in [1.807, 2.05) is 0 Å². The minimum absolute atomic E-state index is 0.110. The monoisotopic (exact) mass is 466 g/mol. The van der Waals surface area contributed by atoms with Crippen LogP contribution in [0.4, 0.5) is 4.39 Å². The van der Waals surface area contributed by atoms with Gasteiger partial charge in [-0.3, -0.25) is 14.6 Å². The summed E-state index contributed by atoms with van der Waals surface area (Å²) in [5.74, 6) is 0.402. The number of benzene rings is 1. The number of alkyl halides is 1. The number of carbonyl (C=O) groups excluding carboxylic acids is 2. The molecular formula is C22H21Cl2FN2O4. The van der Waals surface area contributed by atoms with Crippen LogP contribution in [0.15, 0.2) is 36.5 Å². The van der Waals surface area contributed by atoms with Gasteiger partial charge < -0.3 is 14.8 Å². The van der Waals surface area contributed by atoms with Gasteiger partial charge in [-0.15, -0.1) is 0 Å². The lowest BCUT2D eigenvalue weighted by atomic mass is 9.38. The predicted molar refractivity (Wildman–Crippen MR) is 113 cm³/mol. The lowest BCUT2D eigenvalue weighted by Crippen LogP contribution is -2.75. The smallest absolute Gasteiger partial charge is 0.258 e. The number of pyridine rings is 1. The SMILES string of the molecule is CC(F)Oc1ccnc(C(=O)CC23CC(NC(=O)COc4ccc(Cl)c(Cl)c4)(C2)C3)c1. The molecule has 2 bridgehead atoms. The fourth-order valence-corrected chi connectivity index (χ4v) is 4.91. The Bertz CT molecular complexity index is 1010. The molecule has 9 heteroatoms. The third kappa shape index (κ3) is 4.77. The van der Waals surface area contributed by atoms with Crippen molar-refractivity contribution in [3.63, 3.8) is 0 Å². The van der Waals surface area contributed by atoms with Gasteiger partial charge in [0.05, 0.1) is 10.0 Å². The summed E-state index contributed by atoms with van der Waals surface area (Å²) in [5, 5.41) is 3.79. The average Bonchev–Trinajstić information content (AvgIpc) is 2.66. The lowest BCUT2D eigenvalue weighted by Gasteiger charge is -2.70. The third-order valence-corrected chi connectivity index (χ3v) is 6.40. The molecule has 3 saturated carbocycles. The molecule has 3 aliphatic carbocycles. The number of aromatic nitrogens is 1.